The van der Waals surface area contributed by atoms with Crippen molar-refractivity contribution in [2.75, 3.05) is 0 Å². The summed E-state index contributed by atoms with van der Waals surface area (Å²) in [6.07, 6.45) is 2.06. The van der Waals surface area contributed by atoms with Crippen molar-refractivity contribution in [3.8, 4) is 11.3 Å². The first-order valence-corrected chi connectivity index (χ1v) is 16.2. The van der Waals surface area contributed by atoms with E-state index in [-0.39, 0.29) is 49.9 Å². The number of alkyl halides is 3. The van der Waals surface area contributed by atoms with Gasteiger partial charge in [0.15, 0.2) is 5.78 Å². The Hall–Kier alpha value is -2.61. The third kappa shape index (κ3) is 9.23. The molecule has 1 N–H and O–H groups in total. The van der Waals surface area contributed by atoms with Crippen LogP contribution in [0.5, 0.6) is 0 Å². The summed E-state index contributed by atoms with van der Waals surface area (Å²) in [4.78, 5) is 20.7. The van der Waals surface area contributed by atoms with E-state index in [4.69, 9.17) is 0 Å². The summed E-state index contributed by atoms with van der Waals surface area (Å²) in [6.45, 7) is 14.6. The van der Waals surface area contributed by atoms with Crippen LogP contribution in [-0.4, -0.2) is 27.0 Å². The zero-order valence-corrected chi connectivity index (χ0v) is 30.6. The summed E-state index contributed by atoms with van der Waals surface area (Å²) in [7, 11) is 0. The third-order valence-electron chi connectivity index (χ3n) is 8.24. The molecule has 0 spiro atoms. The summed E-state index contributed by atoms with van der Waals surface area (Å²) < 4.78 is 42.1. The number of fused-ring (bicyclic) bond motifs is 3. The van der Waals surface area contributed by atoms with Gasteiger partial charge in [0.05, 0.1) is 16.7 Å². The van der Waals surface area contributed by atoms with E-state index < -0.39 is 11.6 Å². The Bertz CT molecular complexity index is 1600. The summed E-state index contributed by atoms with van der Waals surface area (Å²) >= 11 is 1.46. The van der Waals surface area contributed by atoms with Crippen molar-refractivity contribution in [3.05, 3.63) is 71.3 Å². The average Bonchev–Trinajstić information content (AvgIpc) is 3.33. The molecule has 0 aliphatic rings. The molecular weight excluding hydrogens is 774 g/mol. The number of halogens is 3. The van der Waals surface area contributed by atoms with Crippen LogP contribution < -0.4 is 0 Å². The molecule has 0 aliphatic carbocycles. The fraction of sp³-hybridized carbons (Fsp3) is 0.472. The fourth-order valence-electron chi connectivity index (χ4n) is 5.37. The van der Waals surface area contributed by atoms with Crippen LogP contribution in [0.4, 0.5) is 13.2 Å². The standard InChI is InChI=1S/C23H20F3N2S.C13H24O2.Ir/c1-13-8-14(2)10-16(9-13)18-21-19(28-12-27-18)17-7-5-6-15(20(17)29-21)11-22(3,4)23(24,25)26;1-5-10(6-2)12(14)9-13(15)11(7-3)8-4;/h5-9,12H,11H2,1-4H3;9-11,14H,5-8H2,1-4H3;/q-1;;/b;12-9-;. The number of aromatic nitrogens is 2. The minimum absolute atomic E-state index is 0. The van der Waals surface area contributed by atoms with E-state index in [0.29, 0.717) is 5.56 Å². The van der Waals surface area contributed by atoms with Crippen molar-refractivity contribution in [3.63, 3.8) is 0 Å². The van der Waals surface area contributed by atoms with Gasteiger partial charge in [0.1, 0.15) is 6.33 Å². The van der Waals surface area contributed by atoms with Gasteiger partial charge in [-0.05, 0) is 37.7 Å². The Morgan fingerprint density at radius 2 is 1.60 bits per heavy atom. The van der Waals surface area contributed by atoms with Crippen molar-refractivity contribution in [2.24, 2.45) is 17.3 Å². The number of nitrogens with zero attached hydrogens (tertiary/aromatic N) is 2. The molecule has 0 aliphatic heterocycles. The first kappa shape index (κ1) is 38.6. The molecule has 45 heavy (non-hydrogen) atoms. The van der Waals surface area contributed by atoms with Crippen LogP contribution in [0.3, 0.4) is 0 Å². The van der Waals surface area contributed by atoms with Crippen LogP contribution in [0.1, 0.15) is 83.9 Å². The second-order valence-electron chi connectivity index (χ2n) is 12.1. The van der Waals surface area contributed by atoms with Gasteiger partial charge in [-0.2, -0.15) is 13.2 Å². The minimum atomic E-state index is -4.27. The second kappa shape index (κ2) is 16.3. The topological polar surface area (TPSA) is 63.1 Å². The smallest absolute Gasteiger partial charge is 0.394 e. The fourth-order valence-corrected chi connectivity index (χ4v) is 6.63. The van der Waals surface area contributed by atoms with Crippen LogP contribution in [0, 0.1) is 37.2 Å². The maximum atomic E-state index is 13.5. The van der Waals surface area contributed by atoms with E-state index in [9.17, 15) is 23.1 Å². The first-order chi connectivity index (χ1) is 20.7. The van der Waals surface area contributed by atoms with Gasteiger partial charge in [-0.15, -0.1) is 46.2 Å². The molecule has 0 amide bonds. The van der Waals surface area contributed by atoms with Crippen LogP contribution in [0.2, 0.25) is 0 Å². The molecule has 1 radical (unpaired) electrons. The zero-order valence-electron chi connectivity index (χ0n) is 27.4. The number of hydrogen-bond acceptors (Lipinski definition) is 5. The Kier molecular flexibility index (Phi) is 14.0. The van der Waals surface area contributed by atoms with Gasteiger partial charge in [0, 0.05) is 58.5 Å². The molecule has 0 saturated carbocycles. The number of hydrogen-bond donors (Lipinski definition) is 1. The van der Waals surface area contributed by atoms with Crippen LogP contribution in [0.25, 0.3) is 31.6 Å². The van der Waals surface area contributed by atoms with Crippen molar-refractivity contribution < 1.29 is 43.2 Å². The van der Waals surface area contributed by atoms with Gasteiger partial charge in [0.2, 0.25) is 0 Å². The molecule has 2 aromatic carbocycles. The van der Waals surface area contributed by atoms with E-state index >= 15 is 0 Å². The van der Waals surface area contributed by atoms with Gasteiger partial charge in [0.25, 0.3) is 0 Å². The molecule has 0 saturated heterocycles. The number of rotatable bonds is 10. The number of aliphatic hydroxyl groups excluding tert-OH is 1. The van der Waals surface area contributed by atoms with E-state index in [1.54, 1.807) is 12.1 Å². The van der Waals surface area contributed by atoms with E-state index in [2.05, 4.69) is 16.0 Å². The molecule has 4 nitrogen and oxygen atoms in total. The van der Waals surface area contributed by atoms with Crippen LogP contribution >= 0.6 is 11.3 Å². The van der Waals surface area contributed by atoms with Crippen molar-refractivity contribution in [1.82, 2.24) is 9.97 Å². The predicted octanol–water partition coefficient (Wildman–Crippen LogP) is 10.9. The Balaban J connectivity index is 0.000000378. The van der Waals surface area contributed by atoms with Crippen LogP contribution in [0.15, 0.2) is 48.5 Å². The SMILES string of the molecule is CCC(CC)C(=O)/C=C(\O)C(CC)CC.Cc1[c-]c(-c2ncnc3c2sc2c(CC(C)(C)C(F)(F)F)cccc23)cc(C)c1.[Ir]. The molecular formula is C36H44F3IrN2O2S-. The Morgan fingerprint density at radius 3 is 2.16 bits per heavy atom. The quantitative estimate of drug-likeness (QED) is 0.0984. The number of allylic oxidation sites excluding steroid dienone is 2. The summed E-state index contributed by atoms with van der Waals surface area (Å²) in [5.41, 5.74) is 3.41. The third-order valence-corrected chi connectivity index (χ3v) is 9.52. The number of benzene rings is 2. The molecule has 0 unspecified atom stereocenters. The molecule has 9 heteroatoms. The monoisotopic (exact) mass is 818 g/mol. The Labute approximate surface area is 282 Å². The molecule has 4 rings (SSSR count). The second-order valence-corrected chi connectivity index (χ2v) is 13.1. The summed E-state index contributed by atoms with van der Waals surface area (Å²) in [5, 5.41) is 10.6. The van der Waals surface area contributed by atoms with Gasteiger partial charge in [-0.3, -0.25) is 9.78 Å². The molecule has 0 atom stereocenters. The van der Waals surface area contributed by atoms with Gasteiger partial charge >= 0.3 is 6.18 Å². The number of thiophene rings is 1. The zero-order chi connectivity index (χ0) is 32.8. The number of carbonyl (C=O) groups is 1. The van der Waals surface area contributed by atoms with Gasteiger partial charge in [-0.25, -0.2) is 4.98 Å². The van der Waals surface area contributed by atoms with Crippen molar-refractivity contribution in [2.45, 2.75) is 93.7 Å². The van der Waals surface area contributed by atoms with E-state index in [1.165, 1.54) is 37.6 Å². The first-order valence-electron chi connectivity index (χ1n) is 15.3. The van der Waals surface area contributed by atoms with Crippen molar-refractivity contribution in [1.29, 1.82) is 0 Å². The molecule has 247 valence electrons. The molecule has 0 bridgehead atoms. The summed E-state index contributed by atoms with van der Waals surface area (Å²) in [6, 6.07) is 12.9. The maximum absolute atomic E-state index is 13.5. The van der Waals surface area contributed by atoms with Crippen LogP contribution in [-0.2, 0) is 31.3 Å². The minimum Gasteiger partial charge on any atom is -0.512 e. The number of aliphatic hydroxyl groups is 1. The van der Waals surface area contributed by atoms with Crippen molar-refractivity contribution >= 4 is 37.4 Å². The van der Waals surface area contributed by atoms with Gasteiger partial charge in [-0.1, -0.05) is 73.6 Å². The number of ketones is 1. The predicted molar refractivity (Wildman–Crippen MR) is 176 cm³/mol. The molecule has 2 aromatic heterocycles. The largest absolute Gasteiger partial charge is 0.512 e. The average molecular weight is 818 g/mol. The normalized spacial score (nSPS) is 12.4. The van der Waals surface area contributed by atoms with E-state index in [0.717, 1.165) is 68.4 Å². The summed E-state index contributed by atoms with van der Waals surface area (Å²) in [5.74, 6) is 0.547. The van der Waals surface area contributed by atoms with Gasteiger partial charge < -0.3 is 5.11 Å². The molecule has 4 aromatic rings. The maximum Gasteiger partial charge on any atom is 0.394 e. The Morgan fingerprint density at radius 1 is 0.978 bits per heavy atom. The molecule has 0 fully saturated rings. The number of carbonyl (C=O) groups excluding carboxylic acids is 1. The molecule has 2 heterocycles. The number of aryl methyl sites for hydroxylation is 2. The van der Waals surface area contributed by atoms with E-state index in [1.807, 2.05) is 59.7 Å².